The standard InChI is InChI=1S/C17H22N2O2/c1-3-21-17-7-5-4-6-15(17)16(12-18)19-13-8-10-14(20-2)11-9-13/h4-11,16,19H,3,12,18H2,1-2H3. The average Bonchev–Trinajstić information content (AvgIpc) is 2.54. The quantitative estimate of drug-likeness (QED) is 0.820. The van der Waals surface area contributed by atoms with Crippen LogP contribution in [-0.2, 0) is 0 Å². The summed E-state index contributed by atoms with van der Waals surface area (Å²) in [6, 6.07) is 15.8. The van der Waals surface area contributed by atoms with E-state index >= 15 is 0 Å². The third-order valence-corrected chi connectivity index (χ3v) is 3.26. The normalized spacial score (nSPS) is 11.8. The molecule has 0 saturated heterocycles. The van der Waals surface area contributed by atoms with Gasteiger partial charge in [-0.1, -0.05) is 18.2 Å². The van der Waals surface area contributed by atoms with Gasteiger partial charge in [0.15, 0.2) is 0 Å². The highest BCUT2D eigenvalue weighted by Gasteiger charge is 2.14. The van der Waals surface area contributed by atoms with Crippen molar-refractivity contribution in [3.05, 3.63) is 54.1 Å². The molecule has 1 atom stereocenters. The summed E-state index contributed by atoms with van der Waals surface area (Å²) in [6.45, 7) is 3.10. The monoisotopic (exact) mass is 286 g/mol. The van der Waals surface area contributed by atoms with Gasteiger partial charge in [-0.3, -0.25) is 0 Å². The van der Waals surface area contributed by atoms with Gasteiger partial charge in [-0.2, -0.15) is 0 Å². The van der Waals surface area contributed by atoms with Gasteiger partial charge in [-0.25, -0.2) is 0 Å². The first-order valence-electron chi connectivity index (χ1n) is 7.10. The van der Waals surface area contributed by atoms with E-state index in [2.05, 4.69) is 5.32 Å². The first-order valence-corrected chi connectivity index (χ1v) is 7.10. The van der Waals surface area contributed by atoms with Gasteiger partial charge in [0, 0.05) is 17.8 Å². The minimum Gasteiger partial charge on any atom is -0.497 e. The van der Waals surface area contributed by atoms with Crippen molar-refractivity contribution in [2.75, 3.05) is 25.6 Å². The molecule has 0 aliphatic carbocycles. The van der Waals surface area contributed by atoms with Gasteiger partial charge in [-0.15, -0.1) is 0 Å². The lowest BCUT2D eigenvalue weighted by molar-refractivity contribution is 0.335. The van der Waals surface area contributed by atoms with E-state index in [1.807, 2.05) is 55.5 Å². The first kappa shape index (κ1) is 15.2. The maximum absolute atomic E-state index is 5.93. The van der Waals surface area contributed by atoms with Crippen LogP contribution < -0.4 is 20.5 Å². The summed E-state index contributed by atoms with van der Waals surface area (Å²) in [6.07, 6.45) is 0. The number of methoxy groups -OCH3 is 1. The largest absolute Gasteiger partial charge is 0.497 e. The Morgan fingerprint density at radius 1 is 1.10 bits per heavy atom. The fourth-order valence-corrected chi connectivity index (χ4v) is 2.21. The zero-order chi connectivity index (χ0) is 15.1. The number of hydrogen-bond donors (Lipinski definition) is 2. The summed E-state index contributed by atoms with van der Waals surface area (Å²) < 4.78 is 10.8. The molecule has 0 heterocycles. The van der Waals surface area contributed by atoms with Crippen molar-refractivity contribution >= 4 is 5.69 Å². The molecule has 2 aromatic carbocycles. The van der Waals surface area contributed by atoms with Crippen LogP contribution in [0.4, 0.5) is 5.69 Å². The van der Waals surface area contributed by atoms with Crippen LogP contribution in [0.2, 0.25) is 0 Å². The third-order valence-electron chi connectivity index (χ3n) is 3.26. The van der Waals surface area contributed by atoms with E-state index < -0.39 is 0 Å². The summed E-state index contributed by atoms with van der Waals surface area (Å²) in [5.74, 6) is 1.70. The fourth-order valence-electron chi connectivity index (χ4n) is 2.21. The Bertz CT molecular complexity index is 555. The molecule has 0 spiro atoms. The molecule has 3 N–H and O–H groups in total. The van der Waals surface area contributed by atoms with Gasteiger partial charge in [-0.05, 0) is 37.3 Å². The highest BCUT2D eigenvalue weighted by molar-refractivity contribution is 5.50. The van der Waals surface area contributed by atoms with Crippen molar-refractivity contribution in [3.8, 4) is 11.5 Å². The minimum absolute atomic E-state index is 0.00106. The van der Waals surface area contributed by atoms with Crippen molar-refractivity contribution in [1.82, 2.24) is 0 Å². The fraction of sp³-hybridized carbons (Fsp3) is 0.294. The highest BCUT2D eigenvalue weighted by atomic mass is 16.5. The molecular weight excluding hydrogens is 264 g/mol. The SMILES string of the molecule is CCOc1ccccc1C(CN)Nc1ccc(OC)cc1. The molecule has 4 heteroatoms. The smallest absolute Gasteiger partial charge is 0.124 e. The maximum atomic E-state index is 5.93. The topological polar surface area (TPSA) is 56.5 Å². The maximum Gasteiger partial charge on any atom is 0.124 e. The summed E-state index contributed by atoms with van der Waals surface area (Å²) in [5.41, 5.74) is 8.00. The molecule has 2 aromatic rings. The Morgan fingerprint density at radius 2 is 1.81 bits per heavy atom. The van der Waals surface area contributed by atoms with E-state index in [4.69, 9.17) is 15.2 Å². The number of ether oxygens (including phenoxy) is 2. The Morgan fingerprint density at radius 3 is 2.43 bits per heavy atom. The number of anilines is 1. The van der Waals surface area contributed by atoms with E-state index in [1.165, 1.54) is 0 Å². The van der Waals surface area contributed by atoms with Gasteiger partial charge in [0.05, 0.1) is 19.8 Å². The lowest BCUT2D eigenvalue weighted by Crippen LogP contribution is -2.21. The van der Waals surface area contributed by atoms with Crippen molar-refractivity contribution < 1.29 is 9.47 Å². The average molecular weight is 286 g/mol. The van der Waals surface area contributed by atoms with Crippen LogP contribution >= 0.6 is 0 Å². The second-order valence-electron chi connectivity index (χ2n) is 4.63. The molecule has 21 heavy (non-hydrogen) atoms. The van der Waals surface area contributed by atoms with Gasteiger partial charge in [0.1, 0.15) is 11.5 Å². The van der Waals surface area contributed by atoms with Crippen LogP contribution in [0.3, 0.4) is 0 Å². The molecule has 0 amide bonds. The molecule has 0 radical (unpaired) electrons. The molecule has 0 aromatic heterocycles. The lowest BCUT2D eigenvalue weighted by Gasteiger charge is -2.21. The summed E-state index contributed by atoms with van der Waals surface area (Å²) in [4.78, 5) is 0. The number of hydrogen-bond acceptors (Lipinski definition) is 4. The van der Waals surface area contributed by atoms with E-state index in [9.17, 15) is 0 Å². The van der Waals surface area contributed by atoms with Crippen LogP contribution in [0.5, 0.6) is 11.5 Å². The summed E-state index contributed by atoms with van der Waals surface area (Å²) in [5, 5.41) is 3.43. The second kappa shape index (κ2) is 7.55. The summed E-state index contributed by atoms with van der Waals surface area (Å²) in [7, 11) is 1.66. The van der Waals surface area contributed by atoms with E-state index in [0.717, 1.165) is 22.7 Å². The number of rotatable bonds is 7. The molecule has 0 saturated carbocycles. The number of nitrogens with two attached hydrogens (primary N) is 1. The molecule has 0 aliphatic heterocycles. The van der Waals surface area contributed by atoms with E-state index in [1.54, 1.807) is 7.11 Å². The van der Waals surface area contributed by atoms with Crippen molar-refractivity contribution in [1.29, 1.82) is 0 Å². The minimum atomic E-state index is 0.00106. The molecule has 112 valence electrons. The second-order valence-corrected chi connectivity index (χ2v) is 4.63. The van der Waals surface area contributed by atoms with Crippen LogP contribution in [-0.4, -0.2) is 20.3 Å². The van der Waals surface area contributed by atoms with Gasteiger partial charge in [0.2, 0.25) is 0 Å². The Kier molecular flexibility index (Phi) is 5.46. The van der Waals surface area contributed by atoms with Crippen LogP contribution in [0.15, 0.2) is 48.5 Å². The molecule has 0 aliphatic rings. The molecule has 2 rings (SSSR count). The van der Waals surface area contributed by atoms with E-state index in [-0.39, 0.29) is 6.04 Å². The van der Waals surface area contributed by atoms with Gasteiger partial charge >= 0.3 is 0 Å². The number of para-hydroxylation sites is 1. The van der Waals surface area contributed by atoms with Gasteiger partial charge in [0.25, 0.3) is 0 Å². The van der Waals surface area contributed by atoms with Crippen LogP contribution in [0.1, 0.15) is 18.5 Å². The van der Waals surface area contributed by atoms with Crippen LogP contribution in [0, 0.1) is 0 Å². The summed E-state index contributed by atoms with van der Waals surface area (Å²) >= 11 is 0. The zero-order valence-corrected chi connectivity index (χ0v) is 12.5. The Hall–Kier alpha value is -2.20. The molecule has 0 fully saturated rings. The number of benzene rings is 2. The first-order chi connectivity index (χ1) is 10.3. The Labute approximate surface area is 125 Å². The van der Waals surface area contributed by atoms with Crippen molar-refractivity contribution in [3.63, 3.8) is 0 Å². The third kappa shape index (κ3) is 3.89. The van der Waals surface area contributed by atoms with E-state index in [0.29, 0.717) is 13.2 Å². The van der Waals surface area contributed by atoms with Crippen LogP contribution in [0.25, 0.3) is 0 Å². The lowest BCUT2D eigenvalue weighted by atomic mass is 10.1. The predicted octanol–water partition coefficient (Wildman–Crippen LogP) is 3.21. The van der Waals surface area contributed by atoms with Crippen molar-refractivity contribution in [2.24, 2.45) is 5.73 Å². The molecule has 1 unspecified atom stereocenters. The molecular formula is C17H22N2O2. The molecule has 4 nitrogen and oxygen atoms in total. The predicted molar refractivity (Wildman–Crippen MR) is 86.0 cm³/mol. The molecule has 0 bridgehead atoms. The van der Waals surface area contributed by atoms with Gasteiger partial charge < -0.3 is 20.5 Å². The number of nitrogens with one attached hydrogen (secondary N) is 1. The zero-order valence-electron chi connectivity index (χ0n) is 12.5. The highest BCUT2D eigenvalue weighted by Crippen LogP contribution is 2.28. The van der Waals surface area contributed by atoms with Crippen molar-refractivity contribution in [2.45, 2.75) is 13.0 Å². The Balaban J connectivity index is 2.19.